The Kier molecular flexibility index (Phi) is 47.2. The Bertz CT molecular complexity index is 1430. The van der Waals surface area contributed by atoms with Crippen molar-refractivity contribution in [2.24, 2.45) is 0 Å². The van der Waals surface area contributed by atoms with Crippen LogP contribution in [0, 0.1) is 0 Å². The van der Waals surface area contributed by atoms with Crippen molar-refractivity contribution in [3.63, 3.8) is 0 Å². The Hall–Kier alpha value is -1.79. The molecule has 0 aromatic carbocycles. The van der Waals surface area contributed by atoms with E-state index in [9.17, 15) is 40.5 Å². The Morgan fingerprint density at radius 2 is 0.795 bits per heavy atom. The second-order valence-corrected chi connectivity index (χ2v) is 22.6. The molecule has 2 fully saturated rings. The first-order chi connectivity index (χ1) is 38.1. The van der Waals surface area contributed by atoms with Gasteiger partial charge in [-0.1, -0.05) is 224 Å². The number of esters is 1. The van der Waals surface area contributed by atoms with Crippen LogP contribution in [0.15, 0.2) is 36.5 Å². The van der Waals surface area contributed by atoms with Gasteiger partial charge in [0.25, 0.3) is 0 Å². The minimum Gasteiger partial charge on any atom is -0.457 e. The first kappa shape index (κ1) is 72.3. The molecule has 14 heteroatoms. The average molecular weight is 1110 g/mol. The van der Waals surface area contributed by atoms with Crippen LogP contribution in [0.1, 0.15) is 264 Å². The summed E-state index contributed by atoms with van der Waals surface area (Å²) in [6.45, 7) is 3.71. The number of allylic oxidation sites excluding steroid dienone is 6. The van der Waals surface area contributed by atoms with E-state index in [-0.39, 0.29) is 25.6 Å². The van der Waals surface area contributed by atoms with Gasteiger partial charge in [0.2, 0.25) is 0 Å². The molecule has 0 aliphatic carbocycles. The molecular weight excluding hydrogens is 993 g/mol. The summed E-state index contributed by atoms with van der Waals surface area (Å²) in [5.41, 5.74) is 0. The van der Waals surface area contributed by atoms with Gasteiger partial charge in [-0.3, -0.25) is 4.79 Å². The van der Waals surface area contributed by atoms with Crippen LogP contribution >= 0.6 is 0 Å². The zero-order valence-electron chi connectivity index (χ0n) is 49.4. The second-order valence-electron chi connectivity index (χ2n) is 22.6. The van der Waals surface area contributed by atoms with E-state index in [4.69, 9.17) is 28.4 Å². The van der Waals surface area contributed by atoms with Crippen molar-refractivity contribution in [3.8, 4) is 0 Å². The van der Waals surface area contributed by atoms with Crippen LogP contribution in [-0.2, 0) is 33.2 Å². The molecule has 7 N–H and O–H groups in total. The number of aliphatic hydroxyl groups is 7. The Morgan fingerprint density at radius 3 is 1.26 bits per heavy atom. The van der Waals surface area contributed by atoms with Crippen molar-refractivity contribution in [1.29, 1.82) is 0 Å². The van der Waals surface area contributed by atoms with Gasteiger partial charge in [0.1, 0.15) is 54.9 Å². The summed E-state index contributed by atoms with van der Waals surface area (Å²) in [6.07, 6.45) is 44.9. The highest BCUT2D eigenvalue weighted by molar-refractivity contribution is 5.69. The maximum atomic E-state index is 13.1. The average Bonchev–Trinajstić information content (AvgIpc) is 3.46. The van der Waals surface area contributed by atoms with Crippen LogP contribution in [0.3, 0.4) is 0 Å². The number of carbonyl (C=O) groups excluding carboxylic acids is 1. The minimum absolute atomic E-state index is 0.0598. The Labute approximate surface area is 474 Å². The standard InChI is InChI=1S/C64H118O14/c1-3-5-7-9-11-13-15-17-19-21-23-24-25-26-27-28-29-31-33-35-37-39-41-43-45-47-56(66)76-53(50-73-48-46-44-42-40-38-36-34-32-30-22-20-18-16-14-12-10-8-6-4-2)51-74-63-62(72)60(70)58(68)55(78-63)52-75-64-61(71)59(69)57(67)54(49-65)77-64/h14,16,20-23,53-55,57-65,67-72H,3-13,15,17-19,24-52H2,1-2H3/b16-14-,22-20-,23-21-. The van der Waals surface area contributed by atoms with Crippen LogP contribution in [0.4, 0.5) is 0 Å². The van der Waals surface area contributed by atoms with Gasteiger partial charge < -0.3 is 64.2 Å². The summed E-state index contributed by atoms with van der Waals surface area (Å²) >= 11 is 0. The first-order valence-electron chi connectivity index (χ1n) is 32.1. The number of carbonyl (C=O) groups is 1. The van der Waals surface area contributed by atoms with Crippen molar-refractivity contribution in [1.82, 2.24) is 0 Å². The molecule has 2 heterocycles. The largest absolute Gasteiger partial charge is 0.457 e. The number of hydrogen-bond acceptors (Lipinski definition) is 14. The third-order valence-electron chi connectivity index (χ3n) is 15.4. The second kappa shape index (κ2) is 50.9. The van der Waals surface area contributed by atoms with E-state index in [0.717, 1.165) is 51.4 Å². The van der Waals surface area contributed by atoms with Crippen molar-refractivity contribution in [2.45, 2.75) is 332 Å². The molecule has 11 atom stereocenters. The molecule has 0 amide bonds. The molecule has 0 saturated carbocycles. The van der Waals surface area contributed by atoms with E-state index in [1.807, 2.05) is 0 Å². The van der Waals surface area contributed by atoms with Gasteiger partial charge in [-0.25, -0.2) is 0 Å². The lowest BCUT2D eigenvalue weighted by molar-refractivity contribution is -0.332. The summed E-state index contributed by atoms with van der Waals surface area (Å²) < 4.78 is 34.5. The summed E-state index contributed by atoms with van der Waals surface area (Å²) in [5.74, 6) is -0.374. The fourth-order valence-corrected chi connectivity index (χ4v) is 10.2. The van der Waals surface area contributed by atoms with Crippen molar-refractivity contribution in [2.75, 3.05) is 33.0 Å². The molecule has 2 aliphatic heterocycles. The minimum atomic E-state index is -1.71. The molecule has 0 bridgehead atoms. The third kappa shape index (κ3) is 36.6. The van der Waals surface area contributed by atoms with Gasteiger partial charge in [-0.05, 0) is 70.6 Å². The van der Waals surface area contributed by atoms with E-state index in [2.05, 4.69) is 50.3 Å². The number of hydrogen-bond donors (Lipinski definition) is 7. The molecule has 0 spiro atoms. The molecule has 0 radical (unpaired) electrons. The van der Waals surface area contributed by atoms with Gasteiger partial charge in [0.05, 0.1) is 26.4 Å². The topological polar surface area (TPSA) is 214 Å². The number of unbranched alkanes of at least 4 members (excludes halogenated alkanes) is 33. The van der Waals surface area contributed by atoms with Gasteiger partial charge in [-0.2, -0.15) is 0 Å². The highest BCUT2D eigenvalue weighted by Crippen LogP contribution is 2.27. The predicted octanol–water partition coefficient (Wildman–Crippen LogP) is 12.5. The highest BCUT2D eigenvalue weighted by atomic mass is 16.7. The van der Waals surface area contributed by atoms with E-state index in [1.165, 1.54) is 186 Å². The van der Waals surface area contributed by atoms with Crippen molar-refractivity contribution >= 4 is 5.97 Å². The molecule has 2 rings (SSSR count). The van der Waals surface area contributed by atoms with Crippen LogP contribution < -0.4 is 0 Å². The molecule has 458 valence electrons. The lowest BCUT2D eigenvalue weighted by Gasteiger charge is -2.42. The van der Waals surface area contributed by atoms with Gasteiger partial charge in [0.15, 0.2) is 12.6 Å². The summed E-state index contributed by atoms with van der Waals surface area (Å²) in [5, 5.41) is 72.5. The van der Waals surface area contributed by atoms with Crippen molar-refractivity contribution in [3.05, 3.63) is 36.5 Å². The molecular formula is C64H118O14. The molecule has 2 aliphatic rings. The molecule has 0 aromatic heterocycles. The van der Waals surface area contributed by atoms with E-state index in [0.29, 0.717) is 13.0 Å². The molecule has 0 aromatic rings. The van der Waals surface area contributed by atoms with Crippen LogP contribution in [-0.4, -0.2) is 142 Å². The summed E-state index contributed by atoms with van der Waals surface area (Å²) in [4.78, 5) is 13.1. The van der Waals surface area contributed by atoms with E-state index in [1.54, 1.807) is 0 Å². The Morgan fingerprint density at radius 1 is 0.423 bits per heavy atom. The lowest BCUT2D eigenvalue weighted by atomic mass is 9.98. The quantitative estimate of drug-likeness (QED) is 0.0172. The first-order valence-corrected chi connectivity index (χ1v) is 32.1. The normalized spacial score (nSPS) is 24.3. The lowest BCUT2D eigenvalue weighted by Crippen LogP contribution is -2.61. The van der Waals surface area contributed by atoms with Gasteiger partial charge in [0, 0.05) is 13.0 Å². The molecule has 78 heavy (non-hydrogen) atoms. The van der Waals surface area contributed by atoms with Crippen LogP contribution in [0.2, 0.25) is 0 Å². The van der Waals surface area contributed by atoms with Crippen molar-refractivity contribution < 1.29 is 69.0 Å². The van der Waals surface area contributed by atoms with Gasteiger partial charge >= 0.3 is 5.97 Å². The number of aliphatic hydroxyl groups excluding tert-OH is 7. The monoisotopic (exact) mass is 1110 g/mol. The fraction of sp³-hybridized carbons (Fsp3) is 0.891. The maximum Gasteiger partial charge on any atom is 0.306 e. The zero-order chi connectivity index (χ0) is 56.5. The number of ether oxygens (including phenoxy) is 6. The van der Waals surface area contributed by atoms with Crippen LogP contribution in [0.25, 0.3) is 0 Å². The van der Waals surface area contributed by atoms with E-state index >= 15 is 0 Å². The van der Waals surface area contributed by atoms with Crippen LogP contribution in [0.5, 0.6) is 0 Å². The summed E-state index contributed by atoms with van der Waals surface area (Å²) in [6, 6.07) is 0. The fourth-order valence-electron chi connectivity index (χ4n) is 10.2. The molecule has 14 nitrogen and oxygen atoms in total. The van der Waals surface area contributed by atoms with Gasteiger partial charge in [-0.15, -0.1) is 0 Å². The smallest absolute Gasteiger partial charge is 0.306 e. The third-order valence-corrected chi connectivity index (χ3v) is 15.4. The van der Waals surface area contributed by atoms with E-state index < -0.39 is 80.7 Å². The maximum absolute atomic E-state index is 13.1. The highest BCUT2D eigenvalue weighted by Gasteiger charge is 2.47. The zero-order valence-corrected chi connectivity index (χ0v) is 49.4. The molecule has 11 unspecified atom stereocenters. The Balaban J connectivity index is 1.67. The SMILES string of the molecule is CCCCCC/C=C\C/C=C\CCCCCCCCCCOCC(COC1OC(COC2OC(CO)C(O)C(O)C2O)C(O)C(O)C1O)OC(=O)CCCCCCCCCCCCCCC/C=C\CCCCCCCCCC. The number of rotatable bonds is 53. The summed E-state index contributed by atoms with van der Waals surface area (Å²) in [7, 11) is 0. The molecule has 2 saturated heterocycles. The predicted molar refractivity (Wildman–Crippen MR) is 312 cm³/mol.